The summed E-state index contributed by atoms with van der Waals surface area (Å²) in [6.07, 6.45) is 11.7. The van der Waals surface area contributed by atoms with E-state index in [0.717, 1.165) is 6.22 Å². The summed E-state index contributed by atoms with van der Waals surface area (Å²) in [6.45, 7) is 0. The third kappa shape index (κ3) is 9.09. The summed E-state index contributed by atoms with van der Waals surface area (Å²) in [6, 6.07) is 25.5. The number of benzene rings is 1. The Balaban J connectivity index is 0.000000210. The molecule has 0 saturated carbocycles. The van der Waals surface area contributed by atoms with Crippen LogP contribution in [0.5, 0.6) is 0 Å². The van der Waals surface area contributed by atoms with E-state index in [9.17, 15) is 0 Å². The molecule has 0 spiro atoms. The molecule has 154 valence electrons. The van der Waals surface area contributed by atoms with E-state index in [-0.39, 0.29) is 24.8 Å². The largest absolute Gasteiger partial charge is 0.210 e. The Hall–Kier alpha value is -0.413. The molecule has 0 aromatic heterocycles. The van der Waals surface area contributed by atoms with E-state index in [2.05, 4.69) is 66.7 Å². The van der Waals surface area contributed by atoms with Gasteiger partial charge in [0.1, 0.15) is 0 Å². The van der Waals surface area contributed by atoms with Crippen LogP contribution in [0.2, 0.25) is 0 Å². The Morgan fingerprint density at radius 2 is 1.17 bits per heavy atom. The van der Waals surface area contributed by atoms with E-state index in [1.807, 2.05) is 0 Å². The fourth-order valence-corrected chi connectivity index (χ4v) is 7.01. The van der Waals surface area contributed by atoms with Gasteiger partial charge in [0.2, 0.25) is 0 Å². The first-order chi connectivity index (χ1) is 13.4. The first kappa shape index (κ1) is 26.6. The van der Waals surface area contributed by atoms with Crippen molar-refractivity contribution in [1.29, 1.82) is 0 Å². The zero-order chi connectivity index (χ0) is 18.7. The molecule has 2 aliphatic carbocycles. The van der Waals surface area contributed by atoms with Gasteiger partial charge in [0.15, 0.2) is 0 Å². The average molecular weight is 608 g/mol. The van der Waals surface area contributed by atoms with Crippen LogP contribution in [-0.4, -0.2) is 6.22 Å². The van der Waals surface area contributed by atoms with Crippen molar-refractivity contribution in [3.05, 3.63) is 94.5 Å². The second-order valence-corrected chi connectivity index (χ2v) is 12.7. The van der Waals surface area contributed by atoms with Crippen molar-refractivity contribution in [3.8, 4) is 0 Å². The van der Waals surface area contributed by atoms with E-state index in [0.29, 0.717) is 0 Å². The summed E-state index contributed by atoms with van der Waals surface area (Å²) in [5, 5.41) is 0. The Bertz CT molecular complexity index is 720. The van der Waals surface area contributed by atoms with Gasteiger partial charge >= 0.3 is 71.2 Å². The summed E-state index contributed by atoms with van der Waals surface area (Å²) >= 11 is 1.41. The van der Waals surface area contributed by atoms with Gasteiger partial charge < -0.3 is 24.8 Å². The average Bonchev–Trinajstić information content (AvgIpc) is 3.39. The molecule has 0 saturated heterocycles. The normalized spacial score (nSPS) is 13.6. The topological polar surface area (TPSA) is 0 Å². The molecule has 0 nitrogen and oxygen atoms in total. The van der Waals surface area contributed by atoms with E-state index < -0.39 is 0 Å². The third-order valence-electron chi connectivity index (χ3n) is 5.48. The SMILES string of the molecule is [Cl-].[Cl-].[Hf+2]=[SiH]Cc1ccccc1.c1cc2c([cH-]1)CCCC2.c1cc2c([cH-]1)CCCC2. The van der Waals surface area contributed by atoms with E-state index >= 15 is 0 Å². The molecular weight excluding hydrogens is 578 g/mol. The summed E-state index contributed by atoms with van der Waals surface area (Å²) in [5.74, 6) is 0. The number of hydrogen-bond acceptors (Lipinski definition) is 0. The molecule has 0 radical (unpaired) electrons. The van der Waals surface area contributed by atoms with Crippen molar-refractivity contribution in [1.82, 2.24) is 0 Å². The Kier molecular flexibility index (Phi) is 14.1. The van der Waals surface area contributed by atoms with Crippen molar-refractivity contribution < 1.29 is 47.8 Å². The molecule has 0 bridgehead atoms. The van der Waals surface area contributed by atoms with Crippen LogP contribution in [0.15, 0.2) is 66.7 Å². The minimum atomic E-state index is 0. The number of rotatable bonds is 2. The molecule has 0 amide bonds. The fourth-order valence-electron chi connectivity index (χ4n) is 3.96. The van der Waals surface area contributed by atoms with Gasteiger partial charge in [-0.25, -0.2) is 12.1 Å². The predicted molar refractivity (Wildman–Crippen MR) is 115 cm³/mol. The second kappa shape index (κ2) is 15.4. The minimum absolute atomic E-state index is 0. The quantitative estimate of drug-likeness (QED) is 0.277. The van der Waals surface area contributed by atoms with Crippen molar-refractivity contribution >= 4 is 6.22 Å². The molecule has 0 aliphatic heterocycles. The van der Waals surface area contributed by atoms with Gasteiger partial charge in [0.25, 0.3) is 0 Å². The van der Waals surface area contributed by atoms with Crippen LogP contribution >= 0.6 is 0 Å². The third-order valence-corrected chi connectivity index (χ3v) is 8.36. The number of aryl methyl sites for hydroxylation is 4. The van der Waals surface area contributed by atoms with Gasteiger partial charge in [-0.15, -0.1) is 0 Å². The summed E-state index contributed by atoms with van der Waals surface area (Å²) in [7, 11) is 0. The molecule has 0 unspecified atom stereocenters. The molecule has 0 fully saturated rings. The van der Waals surface area contributed by atoms with Crippen LogP contribution in [-0.2, 0) is 54.7 Å². The summed E-state index contributed by atoms with van der Waals surface area (Å²) in [4.78, 5) is 0. The smallest absolute Gasteiger partial charge is 0.0512 e. The van der Waals surface area contributed by atoms with Crippen LogP contribution in [0.25, 0.3) is 0 Å². The molecule has 0 N–H and O–H groups in total. The van der Waals surface area contributed by atoms with Crippen LogP contribution in [0, 0.1) is 0 Å². The number of hydrogen-bond donors (Lipinski definition) is 0. The van der Waals surface area contributed by atoms with Crippen molar-refractivity contribution in [2.75, 3.05) is 0 Å². The van der Waals surface area contributed by atoms with E-state index in [1.54, 1.807) is 22.3 Å². The maximum absolute atomic E-state index is 2.26. The van der Waals surface area contributed by atoms with Crippen molar-refractivity contribution in [3.63, 3.8) is 0 Å². The van der Waals surface area contributed by atoms with Crippen LogP contribution < -0.4 is 24.8 Å². The second-order valence-electron chi connectivity index (χ2n) is 7.46. The van der Waals surface area contributed by atoms with Crippen molar-refractivity contribution in [2.45, 2.75) is 57.4 Å². The first-order valence-corrected chi connectivity index (χ1v) is 18.0. The maximum atomic E-state index is 2.26. The molecule has 0 atom stereocenters. The van der Waals surface area contributed by atoms with Crippen molar-refractivity contribution in [2.24, 2.45) is 0 Å². The Labute approximate surface area is 204 Å². The van der Waals surface area contributed by atoms with Gasteiger partial charge in [0, 0.05) is 0 Å². The zero-order valence-corrected chi connectivity index (χ0v) is 23.3. The standard InChI is InChI=1S/2C9H11.C7H8Si.2ClH.Hf/c2*1-2-5-9-7-3-6-8(9)4-1;8-6-7-4-2-1-3-5-7;;;/h2*3,6-7H,1-2,4-5H2;1-5,8H,6H2;2*1H;/q2*-1;;;;+2/p-2. The van der Waals surface area contributed by atoms with Crippen LogP contribution in [0.1, 0.15) is 53.5 Å². The molecule has 3 aromatic rings. The molecule has 3 aromatic carbocycles. The number of fused-ring (bicyclic) bond motifs is 2. The van der Waals surface area contributed by atoms with Gasteiger partial charge in [-0.05, 0) is 0 Å². The minimum Gasteiger partial charge on any atom is -0.210 e. The van der Waals surface area contributed by atoms with Crippen LogP contribution in [0.3, 0.4) is 0 Å². The number of halogens is 2. The molecule has 4 heteroatoms. The summed E-state index contributed by atoms with van der Waals surface area (Å²) < 4.78 is 0. The molecule has 5 rings (SSSR count). The fraction of sp³-hybridized carbons (Fsp3) is 0.360. The summed E-state index contributed by atoms with van der Waals surface area (Å²) in [5.41, 5.74) is 7.91. The van der Waals surface area contributed by atoms with Gasteiger partial charge in [-0.1, -0.05) is 51.4 Å². The van der Waals surface area contributed by atoms with Gasteiger partial charge in [0.05, 0.1) is 0 Å². The van der Waals surface area contributed by atoms with Gasteiger partial charge in [-0.2, -0.15) is 46.5 Å². The van der Waals surface area contributed by atoms with Crippen LogP contribution in [0.4, 0.5) is 0 Å². The molecule has 0 heterocycles. The van der Waals surface area contributed by atoms with Gasteiger partial charge in [-0.3, -0.25) is 0 Å². The monoisotopic (exact) mass is 608 g/mol. The molecule has 29 heavy (non-hydrogen) atoms. The molecule has 2 aliphatic rings. The maximum Gasteiger partial charge on any atom is -0.0512 e. The van der Waals surface area contributed by atoms with E-state index in [1.165, 1.54) is 86.0 Å². The zero-order valence-electron chi connectivity index (χ0n) is 17.0. The predicted octanol–water partition coefficient (Wildman–Crippen LogP) is -0.338. The molecular formula is C25H30Cl2HfSi-2. The Morgan fingerprint density at radius 3 is 1.62 bits per heavy atom. The first-order valence-electron chi connectivity index (χ1n) is 10.4. The Morgan fingerprint density at radius 1 is 0.690 bits per heavy atom. The van der Waals surface area contributed by atoms with E-state index in [4.69, 9.17) is 0 Å².